The van der Waals surface area contributed by atoms with E-state index in [4.69, 9.17) is 0 Å². The maximum atomic E-state index is 13.9. The lowest BCUT2D eigenvalue weighted by atomic mass is 9.99. The molecule has 0 radical (unpaired) electrons. The molecule has 0 aliphatic heterocycles. The number of non-ortho nitro benzene ring substituents is 1. The zero-order valence-corrected chi connectivity index (χ0v) is 14.4. The van der Waals surface area contributed by atoms with Crippen molar-refractivity contribution in [2.45, 2.75) is 12.8 Å². The van der Waals surface area contributed by atoms with Crippen LogP contribution in [0.4, 0.5) is 15.8 Å². The molecule has 0 unspecified atom stereocenters. The molecule has 3 aromatic rings. The van der Waals surface area contributed by atoms with E-state index in [0.717, 1.165) is 35.7 Å². The molecule has 27 heavy (non-hydrogen) atoms. The Labute approximate surface area is 155 Å². The molecule has 1 N–H and O–H groups in total. The van der Waals surface area contributed by atoms with E-state index >= 15 is 0 Å². The van der Waals surface area contributed by atoms with Crippen LogP contribution in [0.25, 0.3) is 0 Å². The number of halogens is 1. The Morgan fingerprint density at radius 2 is 1.67 bits per heavy atom. The van der Waals surface area contributed by atoms with Gasteiger partial charge in [0.05, 0.1) is 10.6 Å². The van der Waals surface area contributed by atoms with Crippen molar-refractivity contribution < 1.29 is 14.1 Å². The number of carbonyl (C=O) groups is 1. The number of nitro groups is 1. The van der Waals surface area contributed by atoms with Gasteiger partial charge < -0.3 is 5.32 Å². The molecule has 0 aliphatic rings. The highest BCUT2D eigenvalue weighted by Gasteiger charge is 2.16. The highest BCUT2D eigenvalue weighted by molar-refractivity contribution is 6.05. The predicted octanol–water partition coefficient (Wildman–Crippen LogP) is 4.77. The van der Waals surface area contributed by atoms with Gasteiger partial charge in [-0.05, 0) is 36.1 Å². The fourth-order valence-corrected chi connectivity index (χ4v) is 2.80. The number of rotatable bonds is 6. The number of amides is 1. The zero-order chi connectivity index (χ0) is 19.2. The van der Waals surface area contributed by atoms with Gasteiger partial charge >= 0.3 is 0 Å². The summed E-state index contributed by atoms with van der Waals surface area (Å²) in [5.41, 5.74) is 1.89. The molecule has 0 atom stereocenters. The molecule has 0 spiro atoms. The molecule has 0 saturated carbocycles. The first-order valence-corrected chi connectivity index (χ1v) is 8.42. The molecule has 0 fully saturated rings. The van der Waals surface area contributed by atoms with Crippen LogP contribution >= 0.6 is 0 Å². The van der Waals surface area contributed by atoms with E-state index in [2.05, 4.69) is 5.32 Å². The first kappa shape index (κ1) is 18.3. The van der Waals surface area contributed by atoms with Crippen molar-refractivity contribution in [3.8, 4) is 0 Å². The number of hydrogen-bond acceptors (Lipinski definition) is 3. The van der Waals surface area contributed by atoms with Crippen LogP contribution in [-0.4, -0.2) is 10.8 Å². The van der Waals surface area contributed by atoms with Gasteiger partial charge in [0.15, 0.2) is 0 Å². The van der Waals surface area contributed by atoms with Gasteiger partial charge in [0.25, 0.3) is 11.6 Å². The Balaban J connectivity index is 1.79. The number of carbonyl (C=O) groups excluding carboxylic acids is 1. The van der Waals surface area contributed by atoms with Crippen LogP contribution in [0.1, 0.15) is 21.5 Å². The minimum atomic E-state index is -0.726. The first-order valence-electron chi connectivity index (χ1n) is 8.42. The van der Waals surface area contributed by atoms with Gasteiger partial charge in [0.1, 0.15) is 5.82 Å². The lowest BCUT2D eigenvalue weighted by Crippen LogP contribution is -2.15. The topological polar surface area (TPSA) is 72.2 Å². The van der Waals surface area contributed by atoms with Gasteiger partial charge in [0, 0.05) is 17.7 Å². The highest BCUT2D eigenvalue weighted by atomic mass is 19.1. The Bertz CT molecular complexity index is 974. The molecule has 0 aliphatic carbocycles. The van der Waals surface area contributed by atoms with E-state index in [-0.39, 0.29) is 11.4 Å². The lowest BCUT2D eigenvalue weighted by molar-refractivity contribution is -0.384. The number of anilines is 1. The normalized spacial score (nSPS) is 10.4. The average molecular weight is 364 g/mol. The van der Waals surface area contributed by atoms with Crippen LogP contribution in [0.5, 0.6) is 0 Å². The van der Waals surface area contributed by atoms with Crippen molar-refractivity contribution in [3.63, 3.8) is 0 Å². The van der Waals surface area contributed by atoms with E-state index in [0.29, 0.717) is 12.0 Å². The minimum Gasteiger partial charge on any atom is -0.319 e. The summed E-state index contributed by atoms with van der Waals surface area (Å²) in [7, 11) is 0. The molecular formula is C21H17FN2O3. The van der Waals surface area contributed by atoms with Gasteiger partial charge in [0.2, 0.25) is 0 Å². The third-order valence-electron chi connectivity index (χ3n) is 4.20. The number of nitrogens with one attached hydrogen (secondary N) is 1. The summed E-state index contributed by atoms with van der Waals surface area (Å²) >= 11 is 0. The van der Waals surface area contributed by atoms with Crippen molar-refractivity contribution in [3.05, 3.63) is 105 Å². The first-order chi connectivity index (χ1) is 13.0. The second-order valence-corrected chi connectivity index (χ2v) is 6.02. The summed E-state index contributed by atoms with van der Waals surface area (Å²) in [6.07, 6.45) is 1.40. The summed E-state index contributed by atoms with van der Waals surface area (Å²) < 4.78 is 13.9. The van der Waals surface area contributed by atoms with Crippen LogP contribution in [0.15, 0.2) is 72.8 Å². The maximum absolute atomic E-state index is 13.9. The average Bonchev–Trinajstić information content (AvgIpc) is 2.69. The highest BCUT2D eigenvalue weighted by Crippen LogP contribution is 2.22. The SMILES string of the molecule is O=C(Nc1cc([N+](=O)[O-])ccc1F)c1ccccc1CCc1ccccc1. The van der Waals surface area contributed by atoms with Crippen LogP contribution < -0.4 is 5.32 Å². The third kappa shape index (κ3) is 4.55. The molecular weight excluding hydrogens is 347 g/mol. The molecule has 3 aromatic carbocycles. The Morgan fingerprint density at radius 3 is 2.41 bits per heavy atom. The molecule has 6 heteroatoms. The van der Waals surface area contributed by atoms with Crippen molar-refractivity contribution in [1.82, 2.24) is 0 Å². The molecule has 0 saturated heterocycles. The lowest BCUT2D eigenvalue weighted by Gasteiger charge is -2.11. The van der Waals surface area contributed by atoms with Gasteiger partial charge in [-0.15, -0.1) is 0 Å². The summed E-state index contributed by atoms with van der Waals surface area (Å²) in [6.45, 7) is 0. The molecule has 0 aromatic heterocycles. The number of nitrogens with zero attached hydrogens (tertiary/aromatic N) is 1. The molecule has 3 rings (SSSR count). The molecule has 136 valence electrons. The fourth-order valence-electron chi connectivity index (χ4n) is 2.80. The van der Waals surface area contributed by atoms with Crippen LogP contribution in [0, 0.1) is 15.9 Å². The third-order valence-corrected chi connectivity index (χ3v) is 4.20. The van der Waals surface area contributed by atoms with Crippen LogP contribution in [-0.2, 0) is 12.8 Å². The fraction of sp³-hybridized carbons (Fsp3) is 0.0952. The van der Waals surface area contributed by atoms with Crippen molar-refractivity contribution >= 4 is 17.3 Å². The van der Waals surface area contributed by atoms with Crippen molar-refractivity contribution in [2.75, 3.05) is 5.32 Å². The largest absolute Gasteiger partial charge is 0.319 e. The number of benzene rings is 3. The summed E-state index contributed by atoms with van der Waals surface area (Å²) in [6, 6.07) is 20.0. The van der Waals surface area contributed by atoms with E-state index < -0.39 is 16.6 Å². The monoisotopic (exact) mass is 364 g/mol. The zero-order valence-electron chi connectivity index (χ0n) is 14.4. The van der Waals surface area contributed by atoms with E-state index in [1.165, 1.54) is 0 Å². The minimum absolute atomic E-state index is 0.216. The summed E-state index contributed by atoms with van der Waals surface area (Å²) in [5, 5.41) is 13.3. The molecule has 1 amide bonds. The van der Waals surface area contributed by atoms with Gasteiger partial charge in [-0.1, -0.05) is 48.5 Å². The van der Waals surface area contributed by atoms with E-state index in [1.54, 1.807) is 12.1 Å². The Hall–Kier alpha value is -3.54. The van der Waals surface area contributed by atoms with Crippen LogP contribution in [0.3, 0.4) is 0 Å². The quantitative estimate of drug-likeness (QED) is 0.506. The van der Waals surface area contributed by atoms with Crippen LogP contribution in [0.2, 0.25) is 0 Å². The summed E-state index contributed by atoms with van der Waals surface area (Å²) in [5.74, 6) is -1.23. The molecule has 0 bridgehead atoms. The van der Waals surface area contributed by atoms with Crippen molar-refractivity contribution in [1.29, 1.82) is 0 Å². The smallest absolute Gasteiger partial charge is 0.271 e. The second-order valence-electron chi connectivity index (χ2n) is 6.02. The number of aryl methyl sites for hydroxylation is 2. The number of hydrogen-bond donors (Lipinski definition) is 1. The standard InChI is InChI=1S/C21H17FN2O3/c22-19-13-12-17(24(26)27)14-20(19)23-21(25)18-9-5-4-8-16(18)11-10-15-6-2-1-3-7-15/h1-9,12-14H,10-11H2,(H,23,25). The van der Waals surface area contributed by atoms with E-state index in [9.17, 15) is 19.3 Å². The second kappa shape index (κ2) is 8.23. The van der Waals surface area contributed by atoms with Gasteiger partial charge in [-0.3, -0.25) is 14.9 Å². The van der Waals surface area contributed by atoms with Gasteiger partial charge in [-0.25, -0.2) is 4.39 Å². The van der Waals surface area contributed by atoms with Crippen molar-refractivity contribution in [2.24, 2.45) is 0 Å². The Kier molecular flexibility index (Phi) is 5.56. The molecule has 0 heterocycles. The maximum Gasteiger partial charge on any atom is 0.271 e. The summed E-state index contributed by atoms with van der Waals surface area (Å²) in [4.78, 5) is 22.9. The predicted molar refractivity (Wildman–Crippen MR) is 101 cm³/mol. The number of nitro benzene ring substituents is 1. The van der Waals surface area contributed by atoms with E-state index in [1.807, 2.05) is 42.5 Å². The Morgan fingerprint density at radius 1 is 0.963 bits per heavy atom. The molecule has 5 nitrogen and oxygen atoms in total. The van der Waals surface area contributed by atoms with Gasteiger partial charge in [-0.2, -0.15) is 0 Å².